The first-order chi connectivity index (χ1) is 7.65. The number of esters is 1. The van der Waals surface area contributed by atoms with Crippen molar-refractivity contribution in [1.29, 1.82) is 5.26 Å². The average Bonchev–Trinajstić information content (AvgIpc) is 2.26. The maximum absolute atomic E-state index is 11.4. The van der Waals surface area contributed by atoms with Crippen LogP contribution in [0.1, 0.15) is 46.0 Å². The summed E-state index contributed by atoms with van der Waals surface area (Å²) in [5.74, 6) is -1.56. The number of Topliss-reactive ketones (excluding diaryl/α,β-unsaturated/α-hetero) is 1. The monoisotopic (exact) mass is 225 g/mol. The van der Waals surface area contributed by atoms with E-state index >= 15 is 0 Å². The molecule has 0 radical (unpaired) electrons. The Labute approximate surface area is 96.6 Å². The summed E-state index contributed by atoms with van der Waals surface area (Å²) in [6, 6.07) is 1.81. The molecular formula is C12H19NO3. The van der Waals surface area contributed by atoms with Gasteiger partial charge in [-0.05, 0) is 13.3 Å². The van der Waals surface area contributed by atoms with E-state index < -0.39 is 11.9 Å². The van der Waals surface area contributed by atoms with E-state index in [-0.39, 0.29) is 18.8 Å². The van der Waals surface area contributed by atoms with Crippen molar-refractivity contribution in [3.63, 3.8) is 0 Å². The van der Waals surface area contributed by atoms with E-state index in [2.05, 4.69) is 6.92 Å². The molecule has 0 rings (SSSR count). The van der Waals surface area contributed by atoms with Gasteiger partial charge in [-0.2, -0.15) is 5.26 Å². The average molecular weight is 225 g/mol. The highest BCUT2D eigenvalue weighted by Crippen LogP contribution is 2.09. The zero-order chi connectivity index (χ0) is 12.4. The SMILES string of the molecule is CCCCCC(=O)CC(C#N)C(=O)OCC. The van der Waals surface area contributed by atoms with E-state index in [4.69, 9.17) is 10.00 Å². The van der Waals surface area contributed by atoms with Gasteiger partial charge in [0.15, 0.2) is 5.92 Å². The summed E-state index contributed by atoms with van der Waals surface area (Å²) in [4.78, 5) is 22.7. The maximum atomic E-state index is 11.4. The number of nitriles is 1. The molecule has 1 atom stereocenters. The van der Waals surface area contributed by atoms with E-state index in [0.717, 1.165) is 19.3 Å². The molecule has 1 unspecified atom stereocenters. The molecule has 0 fully saturated rings. The predicted octanol–water partition coefficient (Wildman–Crippen LogP) is 2.23. The molecule has 0 saturated carbocycles. The van der Waals surface area contributed by atoms with Crippen LogP contribution >= 0.6 is 0 Å². The van der Waals surface area contributed by atoms with E-state index in [9.17, 15) is 9.59 Å². The Kier molecular flexibility index (Phi) is 8.14. The first-order valence-corrected chi connectivity index (χ1v) is 5.73. The Bertz CT molecular complexity index is 268. The smallest absolute Gasteiger partial charge is 0.323 e. The lowest BCUT2D eigenvalue weighted by molar-refractivity contribution is -0.147. The van der Waals surface area contributed by atoms with Gasteiger partial charge in [-0.1, -0.05) is 19.8 Å². The van der Waals surface area contributed by atoms with Crippen LogP contribution in [0.5, 0.6) is 0 Å². The van der Waals surface area contributed by atoms with Crippen LogP contribution in [0.25, 0.3) is 0 Å². The summed E-state index contributed by atoms with van der Waals surface area (Å²) >= 11 is 0. The fourth-order valence-electron chi connectivity index (χ4n) is 1.33. The molecule has 0 aromatic rings. The van der Waals surface area contributed by atoms with Crippen molar-refractivity contribution in [1.82, 2.24) is 0 Å². The molecule has 0 saturated heterocycles. The Morgan fingerprint density at radius 3 is 2.50 bits per heavy atom. The van der Waals surface area contributed by atoms with E-state index in [1.807, 2.05) is 6.07 Å². The Balaban J connectivity index is 3.98. The number of ether oxygens (including phenoxy) is 1. The van der Waals surface area contributed by atoms with Crippen molar-refractivity contribution in [3.8, 4) is 6.07 Å². The molecule has 0 aliphatic carbocycles. The second-order valence-corrected chi connectivity index (χ2v) is 3.63. The number of hydrogen-bond acceptors (Lipinski definition) is 4. The van der Waals surface area contributed by atoms with Crippen LogP contribution in [0.2, 0.25) is 0 Å². The summed E-state index contributed by atoms with van der Waals surface area (Å²) in [6.45, 7) is 3.97. The first-order valence-electron chi connectivity index (χ1n) is 5.73. The predicted molar refractivity (Wildman–Crippen MR) is 59.5 cm³/mol. The highest BCUT2D eigenvalue weighted by molar-refractivity contribution is 5.85. The van der Waals surface area contributed by atoms with Crippen LogP contribution in [0.3, 0.4) is 0 Å². The van der Waals surface area contributed by atoms with Crippen LogP contribution in [0.4, 0.5) is 0 Å². The second kappa shape index (κ2) is 8.90. The summed E-state index contributed by atoms with van der Waals surface area (Å²) < 4.78 is 4.71. The molecular weight excluding hydrogens is 206 g/mol. The van der Waals surface area contributed by atoms with Gasteiger partial charge in [-0.15, -0.1) is 0 Å². The van der Waals surface area contributed by atoms with Crippen LogP contribution in [-0.2, 0) is 14.3 Å². The lowest BCUT2D eigenvalue weighted by Crippen LogP contribution is -2.19. The Morgan fingerprint density at radius 1 is 1.31 bits per heavy atom. The molecule has 0 aliphatic heterocycles. The third-order valence-electron chi connectivity index (χ3n) is 2.22. The minimum absolute atomic E-state index is 0.0148. The highest BCUT2D eigenvalue weighted by atomic mass is 16.5. The molecule has 0 aliphatic rings. The van der Waals surface area contributed by atoms with E-state index in [1.54, 1.807) is 6.92 Å². The minimum Gasteiger partial charge on any atom is -0.465 e. The topological polar surface area (TPSA) is 67.2 Å². The van der Waals surface area contributed by atoms with Gasteiger partial charge in [-0.3, -0.25) is 9.59 Å². The Morgan fingerprint density at radius 2 is 2.00 bits per heavy atom. The second-order valence-electron chi connectivity index (χ2n) is 3.63. The lowest BCUT2D eigenvalue weighted by Gasteiger charge is -2.07. The highest BCUT2D eigenvalue weighted by Gasteiger charge is 2.22. The number of ketones is 1. The summed E-state index contributed by atoms with van der Waals surface area (Å²) in [5, 5.41) is 8.74. The molecule has 0 bridgehead atoms. The van der Waals surface area contributed by atoms with Crippen LogP contribution in [0, 0.1) is 17.2 Å². The number of unbranched alkanes of at least 4 members (excludes halogenated alkanes) is 2. The third kappa shape index (κ3) is 6.18. The van der Waals surface area contributed by atoms with Gasteiger partial charge in [0.05, 0.1) is 12.7 Å². The van der Waals surface area contributed by atoms with Gasteiger partial charge >= 0.3 is 5.97 Å². The van der Waals surface area contributed by atoms with Crippen molar-refractivity contribution in [2.24, 2.45) is 5.92 Å². The van der Waals surface area contributed by atoms with Gasteiger partial charge in [0.2, 0.25) is 0 Å². The first kappa shape index (κ1) is 14.6. The van der Waals surface area contributed by atoms with Crippen molar-refractivity contribution in [2.45, 2.75) is 46.0 Å². The number of carbonyl (C=O) groups excluding carboxylic acids is 2. The fourth-order valence-corrected chi connectivity index (χ4v) is 1.33. The fraction of sp³-hybridized carbons (Fsp3) is 0.750. The molecule has 0 amide bonds. The molecule has 0 aromatic heterocycles. The van der Waals surface area contributed by atoms with Crippen LogP contribution in [-0.4, -0.2) is 18.4 Å². The molecule has 4 nitrogen and oxygen atoms in total. The summed E-state index contributed by atoms with van der Waals surface area (Å²) in [6.07, 6.45) is 3.32. The zero-order valence-corrected chi connectivity index (χ0v) is 9.99. The molecule has 90 valence electrons. The van der Waals surface area contributed by atoms with Gasteiger partial charge in [0.25, 0.3) is 0 Å². The summed E-state index contributed by atoms with van der Waals surface area (Å²) in [7, 11) is 0. The maximum Gasteiger partial charge on any atom is 0.323 e. The summed E-state index contributed by atoms with van der Waals surface area (Å²) in [5.41, 5.74) is 0. The van der Waals surface area contributed by atoms with Gasteiger partial charge in [0, 0.05) is 12.8 Å². The number of rotatable bonds is 8. The minimum atomic E-state index is -0.936. The molecule has 16 heavy (non-hydrogen) atoms. The van der Waals surface area contributed by atoms with Crippen LogP contribution < -0.4 is 0 Å². The van der Waals surface area contributed by atoms with E-state index in [0.29, 0.717) is 6.42 Å². The van der Waals surface area contributed by atoms with Crippen molar-refractivity contribution in [2.75, 3.05) is 6.61 Å². The van der Waals surface area contributed by atoms with Gasteiger partial charge in [-0.25, -0.2) is 0 Å². The Hall–Kier alpha value is -1.37. The van der Waals surface area contributed by atoms with Crippen molar-refractivity contribution >= 4 is 11.8 Å². The third-order valence-corrected chi connectivity index (χ3v) is 2.22. The zero-order valence-electron chi connectivity index (χ0n) is 9.99. The molecule has 0 aromatic carbocycles. The molecule has 0 N–H and O–H groups in total. The standard InChI is InChI=1S/C12H19NO3/c1-3-5-6-7-11(14)8-10(9-13)12(15)16-4-2/h10H,3-8H2,1-2H3. The number of hydrogen-bond donors (Lipinski definition) is 0. The molecule has 0 heterocycles. The molecule has 4 heteroatoms. The number of nitrogens with zero attached hydrogens (tertiary/aromatic N) is 1. The number of carbonyl (C=O) groups is 2. The molecule has 0 spiro atoms. The largest absolute Gasteiger partial charge is 0.465 e. The van der Waals surface area contributed by atoms with Crippen LogP contribution in [0.15, 0.2) is 0 Å². The van der Waals surface area contributed by atoms with Gasteiger partial charge in [0.1, 0.15) is 5.78 Å². The van der Waals surface area contributed by atoms with Crippen molar-refractivity contribution < 1.29 is 14.3 Å². The normalized spacial score (nSPS) is 11.6. The van der Waals surface area contributed by atoms with Gasteiger partial charge < -0.3 is 4.74 Å². The lowest BCUT2D eigenvalue weighted by atomic mass is 10.0. The quantitative estimate of drug-likeness (QED) is 0.469. The van der Waals surface area contributed by atoms with E-state index in [1.165, 1.54) is 0 Å². The van der Waals surface area contributed by atoms with Crippen molar-refractivity contribution in [3.05, 3.63) is 0 Å².